The van der Waals surface area contributed by atoms with Crippen LogP contribution in [-0.4, -0.2) is 20.7 Å². The molecule has 0 aromatic carbocycles. The smallest absolute Gasteiger partial charge is 0.127 e. The number of rotatable bonds is 5. The maximum atomic E-state index is 12.3. The van der Waals surface area contributed by atoms with Crippen LogP contribution in [0.5, 0.6) is 0 Å². The molecule has 2 aromatic rings. The molecule has 4 nitrogen and oxygen atoms in total. The van der Waals surface area contributed by atoms with Gasteiger partial charge in [0.1, 0.15) is 11.0 Å². The Morgan fingerprint density at radius 2 is 2.14 bits per heavy atom. The minimum absolute atomic E-state index is 0.608. The van der Waals surface area contributed by atoms with E-state index in [-0.39, 0.29) is 0 Å². The van der Waals surface area contributed by atoms with Gasteiger partial charge in [0.05, 0.1) is 14.8 Å². The van der Waals surface area contributed by atoms with Gasteiger partial charge in [-0.25, -0.2) is 13.9 Å². The monoisotopic (exact) mass is 335 g/mol. The second-order valence-corrected chi connectivity index (χ2v) is 7.86. The van der Waals surface area contributed by atoms with Crippen LogP contribution in [0.4, 0.5) is 0 Å². The van der Waals surface area contributed by atoms with E-state index in [9.17, 15) is 4.21 Å². The second kappa shape index (κ2) is 7.44. The second-order valence-electron chi connectivity index (χ2n) is 5.54. The van der Waals surface area contributed by atoms with Gasteiger partial charge >= 0.3 is 0 Å². The summed E-state index contributed by atoms with van der Waals surface area (Å²) in [6.45, 7) is 2.61. The predicted octanol–water partition coefficient (Wildman–Crippen LogP) is 3.88. The Hall–Kier alpha value is -1.11. The molecule has 1 N–H and O–H groups in total. The van der Waals surface area contributed by atoms with Crippen LogP contribution in [0.25, 0.3) is 10.4 Å². The summed E-state index contributed by atoms with van der Waals surface area (Å²) in [5, 5.41) is 1.23. The summed E-state index contributed by atoms with van der Waals surface area (Å²) in [6.07, 6.45) is 11.8. The third-order valence-electron chi connectivity index (χ3n) is 4.00. The molecular formula is C16H21N3OS2. The molecule has 0 saturated heterocycles. The average molecular weight is 335 g/mol. The lowest BCUT2D eigenvalue weighted by Gasteiger charge is -2.18. The predicted molar refractivity (Wildman–Crippen MR) is 91.3 cm³/mol. The van der Waals surface area contributed by atoms with Crippen molar-refractivity contribution < 1.29 is 4.21 Å². The molecular weight excluding hydrogens is 314 g/mol. The third-order valence-corrected chi connectivity index (χ3v) is 6.47. The van der Waals surface area contributed by atoms with Gasteiger partial charge in [-0.05, 0) is 18.9 Å². The first-order valence-electron chi connectivity index (χ1n) is 7.85. The molecule has 2 aromatic heterocycles. The highest BCUT2D eigenvalue weighted by Crippen LogP contribution is 2.38. The van der Waals surface area contributed by atoms with Crippen molar-refractivity contribution in [3.8, 4) is 10.4 Å². The van der Waals surface area contributed by atoms with Gasteiger partial charge < -0.3 is 0 Å². The van der Waals surface area contributed by atoms with Crippen LogP contribution in [0, 0.1) is 0 Å². The Balaban J connectivity index is 1.88. The lowest BCUT2D eigenvalue weighted by Crippen LogP contribution is -2.17. The van der Waals surface area contributed by atoms with Crippen LogP contribution < -0.4 is 4.72 Å². The van der Waals surface area contributed by atoms with E-state index in [4.69, 9.17) is 0 Å². The summed E-state index contributed by atoms with van der Waals surface area (Å²) in [6, 6.07) is 1.93. The van der Waals surface area contributed by atoms with Crippen LogP contribution in [0.15, 0.2) is 29.6 Å². The molecule has 0 radical (unpaired) electrons. The van der Waals surface area contributed by atoms with E-state index in [0.717, 1.165) is 15.3 Å². The fraction of sp³-hybridized carbons (Fsp3) is 0.500. The molecule has 0 aliphatic heterocycles. The maximum absolute atomic E-state index is 12.3. The molecule has 0 spiro atoms. The van der Waals surface area contributed by atoms with E-state index in [2.05, 4.69) is 14.7 Å². The van der Waals surface area contributed by atoms with Gasteiger partial charge in [0.25, 0.3) is 0 Å². The Bertz CT molecular complexity index is 650. The van der Waals surface area contributed by atoms with Crippen molar-refractivity contribution in [3.05, 3.63) is 29.7 Å². The number of nitrogens with zero attached hydrogens (tertiary/aromatic N) is 2. The van der Waals surface area contributed by atoms with Crippen molar-refractivity contribution in [1.82, 2.24) is 14.7 Å². The Morgan fingerprint density at radius 1 is 1.32 bits per heavy atom. The molecule has 1 atom stereocenters. The van der Waals surface area contributed by atoms with Crippen LogP contribution in [-0.2, 0) is 11.0 Å². The van der Waals surface area contributed by atoms with Crippen LogP contribution >= 0.6 is 11.3 Å². The summed E-state index contributed by atoms with van der Waals surface area (Å²) < 4.78 is 15.3. The van der Waals surface area contributed by atoms with E-state index in [1.807, 2.05) is 19.2 Å². The van der Waals surface area contributed by atoms with Gasteiger partial charge in [-0.1, -0.05) is 26.2 Å². The lowest BCUT2D eigenvalue weighted by molar-refractivity contribution is 0.442. The number of hydrogen-bond donors (Lipinski definition) is 1. The molecule has 3 rings (SSSR count). The van der Waals surface area contributed by atoms with Gasteiger partial charge in [0.15, 0.2) is 0 Å². The number of pyridine rings is 1. The van der Waals surface area contributed by atoms with Crippen molar-refractivity contribution >= 4 is 22.3 Å². The van der Waals surface area contributed by atoms with Crippen LogP contribution in [0.3, 0.4) is 0 Å². The van der Waals surface area contributed by atoms with E-state index < -0.39 is 11.0 Å². The molecule has 0 amide bonds. The van der Waals surface area contributed by atoms with E-state index in [1.54, 1.807) is 23.7 Å². The van der Waals surface area contributed by atoms with E-state index in [1.165, 1.54) is 37.1 Å². The molecule has 6 heteroatoms. The van der Waals surface area contributed by atoms with E-state index >= 15 is 0 Å². The maximum Gasteiger partial charge on any atom is 0.127 e. The minimum Gasteiger partial charge on any atom is -0.263 e. The topological polar surface area (TPSA) is 54.9 Å². The van der Waals surface area contributed by atoms with Gasteiger partial charge in [0.2, 0.25) is 0 Å². The van der Waals surface area contributed by atoms with Crippen LogP contribution in [0.2, 0.25) is 0 Å². The molecule has 2 heterocycles. The van der Waals surface area contributed by atoms with Crippen molar-refractivity contribution in [2.45, 2.75) is 49.8 Å². The first kappa shape index (κ1) is 15.8. The quantitative estimate of drug-likeness (QED) is 0.902. The van der Waals surface area contributed by atoms with Gasteiger partial charge in [-0.2, -0.15) is 0 Å². The number of aromatic nitrogens is 2. The Labute approximate surface area is 138 Å². The zero-order chi connectivity index (χ0) is 15.4. The SMILES string of the molecule is CCNS(=O)c1cnccc1-c1cnc(C2CCCCC2)s1. The molecule has 1 fully saturated rings. The van der Waals surface area contributed by atoms with Crippen molar-refractivity contribution in [2.24, 2.45) is 0 Å². The lowest BCUT2D eigenvalue weighted by atomic mass is 9.90. The fourth-order valence-electron chi connectivity index (χ4n) is 2.89. The fourth-order valence-corrected chi connectivity index (χ4v) is 5.03. The first-order chi connectivity index (χ1) is 10.8. The normalized spacial score (nSPS) is 17.5. The first-order valence-corrected chi connectivity index (χ1v) is 9.81. The highest BCUT2D eigenvalue weighted by molar-refractivity contribution is 7.83. The number of hydrogen-bond acceptors (Lipinski definition) is 4. The average Bonchev–Trinajstić information content (AvgIpc) is 3.06. The summed E-state index contributed by atoms with van der Waals surface area (Å²) >= 11 is 1.74. The molecule has 0 bridgehead atoms. The Kier molecular flexibility index (Phi) is 5.33. The van der Waals surface area contributed by atoms with Crippen molar-refractivity contribution in [1.29, 1.82) is 0 Å². The third kappa shape index (κ3) is 3.45. The zero-order valence-electron chi connectivity index (χ0n) is 12.7. The van der Waals surface area contributed by atoms with Crippen LogP contribution in [0.1, 0.15) is 50.0 Å². The van der Waals surface area contributed by atoms with E-state index in [0.29, 0.717) is 12.5 Å². The summed E-state index contributed by atoms with van der Waals surface area (Å²) in [5.41, 5.74) is 0.980. The standard InChI is InChI=1S/C16H21N3OS2/c1-2-19-22(20)15-11-17-9-8-13(15)14-10-18-16(21-14)12-6-4-3-5-7-12/h8-12,19H,2-7H2,1H3. The minimum atomic E-state index is -1.22. The zero-order valence-corrected chi connectivity index (χ0v) is 14.4. The number of thiazole rings is 1. The summed E-state index contributed by atoms with van der Waals surface area (Å²) in [5.74, 6) is 0.608. The summed E-state index contributed by atoms with van der Waals surface area (Å²) in [7, 11) is -1.22. The summed E-state index contributed by atoms with van der Waals surface area (Å²) in [4.78, 5) is 10.6. The Morgan fingerprint density at radius 3 is 2.91 bits per heavy atom. The highest BCUT2D eigenvalue weighted by Gasteiger charge is 2.20. The van der Waals surface area contributed by atoms with Gasteiger partial charge in [-0.3, -0.25) is 4.98 Å². The molecule has 118 valence electrons. The molecule has 1 aliphatic carbocycles. The van der Waals surface area contributed by atoms with Crippen molar-refractivity contribution in [2.75, 3.05) is 6.54 Å². The van der Waals surface area contributed by atoms with Crippen molar-refractivity contribution in [3.63, 3.8) is 0 Å². The molecule has 1 aliphatic rings. The molecule has 1 saturated carbocycles. The van der Waals surface area contributed by atoms with Gasteiger partial charge in [0, 0.05) is 36.6 Å². The van der Waals surface area contributed by atoms with Gasteiger partial charge in [-0.15, -0.1) is 11.3 Å². The molecule has 22 heavy (non-hydrogen) atoms. The largest absolute Gasteiger partial charge is 0.263 e. The number of nitrogens with one attached hydrogen (secondary N) is 1. The highest BCUT2D eigenvalue weighted by atomic mass is 32.2. The molecule has 1 unspecified atom stereocenters.